The van der Waals surface area contributed by atoms with Crippen molar-refractivity contribution in [2.45, 2.75) is 0 Å². The summed E-state index contributed by atoms with van der Waals surface area (Å²) in [6.45, 7) is 1.61. The highest BCUT2D eigenvalue weighted by Crippen LogP contribution is 2.49. The van der Waals surface area contributed by atoms with Crippen LogP contribution in [0, 0.1) is 0 Å². The monoisotopic (exact) mass is 238 g/mol. The first-order valence-corrected chi connectivity index (χ1v) is 6.92. The minimum Gasteiger partial charge on any atom is -0.313 e. The highest BCUT2D eigenvalue weighted by molar-refractivity contribution is 7.72. The Morgan fingerprint density at radius 1 is 1.31 bits per heavy atom. The highest BCUT2D eigenvalue weighted by Gasteiger charge is 2.38. The molecule has 0 fully saturated rings. The maximum Gasteiger partial charge on any atom is 0.339 e. The minimum absolute atomic E-state index is 0.397. The fourth-order valence-corrected chi connectivity index (χ4v) is 2.03. The van der Waals surface area contributed by atoms with Crippen LogP contribution >= 0.6 is 7.72 Å². The van der Waals surface area contributed by atoms with Crippen LogP contribution in [0.5, 0.6) is 0 Å². The predicted octanol–water partition coefficient (Wildman–Crippen LogP) is 2.08. The second kappa shape index (κ2) is 4.34. The molecule has 5 heteroatoms. The Morgan fingerprint density at radius 2 is 2.00 bits per heavy atom. The fraction of sp³-hybridized carbons (Fsp3) is 0.182. The van der Waals surface area contributed by atoms with Gasteiger partial charge in [0.25, 0.3) is 0 Å². The Labute approximate surface area is 94.3 Å². The van der Waals surface area contributed by atoms with Gasteiger partial charge >= 0.3 is 13.2 Å². The van der Waals surface area contributed by atoms with E-state index in [2.05, 4.69) is 5.16 Å². The van der Waals surface area contributed by atoms with Gasteiger partial charge in [0.15, 0.2) is 0 Å². The van der Waals surface area contributed by atoms with Crippen LogP contribution in [0.2, 0.25) is 0 Å². The van der Waals surface area contributed by atoms with E-state index in [1.807, 2.05) is 30.3 Å². The first-order valence-electron chi connectivity index (χ1n) is 4.81. The van der Waals surface area contributed by atoms with E-state index < -0.39 is 7.72 Å². The molecule has 1 N–H and O–H groups in total. The van der Waals surface area contributed by atoms with Crippen LogP contribution in [0.1, 0.15) is 0 Å². The predicted molar refractivity (Wildman–Crippen MR) is 63.6 cm³/mol. The summed E-state index contributed by atoms with van der Waals surface area (Å²) in [6.07, 6.45) is 0. The van der Waals surface area contributed by atoms with Gasteiger partial charge in [0.05, 0.1) is 13.2 Å². The Morgan fingerprint density at radius 3 is 2.62 bits per heavy atom. The van der Waals surface area contributed by atoms with E-state index in [1.54, 1.807) is 12.7 Å². The first-order chi connectivity index (χ1) is 7.63. The van der Waals surface area contributed by atoms with Gasteiger partial charge in [-0.1, -0.05) is 35.5 Å². The average molecular weight is 238 g/mol. The molecule has 0 aliphatic rings. The number of hydrogen-bond acceptors (Lipinski definition) is 4. The zero-order valence-corrected chi connectivity index (χ0v) is 10.0. The van der Waals surface area contributed by atoms with Crippen molar-refractivity contribution in [2.24, 2.45) is 0 Å². The minimum atomic E-state index is -2.60. The Balaban J connectivity index is 2.34. The maximum atomic E-state index is 9.91. The van der Waals surface area contributed by atoms with Gasteiger partial charge in [-0.15, -0.1) is 0 Å². The van der Waals surface area contributed by atoms with Crippen LogP contribution in [0.25, 0.3) is 11.3 Å². The molecule has 84 valence electrons. The Hall–Kier alpha value is -1.22. The van der Waals surface area contributed by atoms with Crippen LogP contribution < -0.4 is 5.50 Å². The molecule has 4 nitrogen and oxygen atoms in total. The molecule has 0 bridgehead atoms. The number of hydrogen-bond donors (Lipinski definition) is 1. The van der Waals surface area contributed by atoms with Gasteiger partial charge in [-0.05, 0) is 0 Å². The van der Waals surface area contributed by atoms with E-state index in [4.69, 9.17) is 9.05 Å². The molecule has 16 heavy (non-hydrogen) atoms. The topological polar surface area (TPSA) is 55.5 Å². The Kier molecular flexibility index (Phi) is 3.06. The summed E-state index contributed by atoms with van der Waals surface area (Å²) in [5.41, 5.74) is 2.05. The molecule has 1 heterocycles. The molecule has 0 amide bonds. The van der Waals surface area contributed by atoms with Crippen LogP contribution in [-0.4, -0.2) is 23.8 Å². The summed E-state index contributed by atoms with van der Waals surface area (Å²) in [7, 11) is -1.15. The third-order valence-electron chi connectivity index (χ3n) is 2.33. The van der Waals surface area contributed by atoms with Gasteiger partial charge in [-0.3, -0.25) is 0 Å². The lowest BCUT2D eigenvalue weighted by atomic mass is 10.2. The SMILES string of the molecule is CO[P+](C)(O)c1cc(-c2ccccc2)no1. The molecule has 1 atom stereocenters. The van der Waals surface area contributed by atoms with Gasteiger partial charge in [-0.2, -0.15) is 0 Å². The molecule has 0 spiro atoms. The number of rotatable bonds is 3. The summed E-state index contributed by atoms with van der Waals surface area (Å²) < 4.78 is 10.1. The van der Waals surface area contributed by atoms with Crippen LogP contribution in [0.15, 0.2) is 40.9 Å². The highest BCUT2D eigenvalue weighted by atomic mass is 31.2. The summed E-state index contributed by atoms with van der Waals surface area (Å²) in [4.78, 5) is 9.91. The van der Waals surface area contributed by atoms with Crippen molar-refractivity contribution in [3.63, 3.8) is 0 Å². The third-order valence-corrected chi connectivity index (χ3v) is 4.07. The molecular formula is C11H13NO3P+. The number of benzene rings is 1. The molecular weight excluding hydrogens is 225 g/mol. The second-order valence-electron chi connectivity index (χ2n) is 3.48. The van der Waals surface area contributed by atoms with Gasteiger partial charge < -0.3 is 4.52 Å². The summed E-state index contributed by atoms with van der Waals surface area (Å²) >= 11 is 0. The number of nitrogens with zero attached hydrogens (tertiary/aromatic N) is 1. The lowest BCUT2D eigenvalue weighted by Crippen LogP contribution is -2.08. The maximum absolute atomic E-state index is 9.91. The smallest absolute Gasteiger partial charge is 0.313 e. The second-order valence-corrected chi connectivity index (χ2v) is 6.04. The van der Waals surface area contributed by atoms with E-state index in [-0.39, 0.29) is 0 Å². The normalized spacial score (nSPS) is 14.7. The molecule has 0 aliphatic heterocycles. The van der Waals surface area contributed by atoms with Crippen molar-refractivity contribution >= 4 is 13.2 Å². The summed E-state index contributed by atoms with van der Waals surface area (Å²) in [6, 6.07) is 11.4. The Bertz CT molecular complexity index is 467. The van der Waals surface area contributed by atoms with Crippen molar-refractivity contribution in [2.75, 3.05) is 13.8 Å². The standard InChI is InChI=1S/C11H13NO3P/c1-14-16(2,13)11-8-10(12-15-11)9-6-4-3-5-7-9/h3-8,13H,1-2H3/q+1. The third kappa shape index (κ3) is 2.14. The first kappa shape index (κ1) is 11.3. The van der Waals surface area contributed by atoms with Crippen LogP contribution in [0.4, 0.5) is 0 Å². The van der Waals surface area contributed by atoms with Gasteiger partial charge in [-0.25, -0.2) is 9.42 Å². The van der Waals surface area contributed by atoms with Crippen molar-refractivity contribution in [1.29, 1.82) is 0 Å². The van der Waals surface area contributed by atoms with Crippen molar-refractivity contribution in [3.8, 4) is 11.3 Å². The van der Waals surface area contributed by atoms with E-state index in [0.717, 1.165) is 5.56 Å². The average Bonchev–Trinajstić information content (AvgIpc) is 2.80. The van der Waals surface area contributed by atoms with Crippen molar-refractivity contribution in [3.05, 3.63) is 36.4 Å². The molecule has 2 rings (SSSR count). The van der Waals surface area contributed by atoms with Crippen molar-refractivity contribution in [1.82, 2.24) is 5.16 Å². The lowest BCUT2D eigenvalue weighted by molar-refractivity contribution is 0.362. The van der Waals surface area contributed by atoms with Crippen LogP contribution in [0.3, 0.4) is 0 Å². The van der Waals surface area contributed by atoms with E-state index in [1.165, 1.54) is 7.11 Å². The molecule has 0 saturated heterocycles. The van der Waals surface area contributed by atoms with Gasteiger partial charge in [0.2, 0.25) is 0 Å². The lowest BCUT2D eigenvalue weighted by Gasteiger charge is -2.04. The summed E-state index contributed by atoms with van der Waals surface area (Å²) in [5, 5.41) is 3.91. The molecule has 1 aromatic carbocycles. The number of aromatic nitrogens is 1. The molecule has 1 unspecified atom stereocenters. The van der Waals surface area contributed by atoms with Crippen molar-refractivity contribution < 1.29 is 13.9 Å². The van der Waals surface area contributed by atoms with E-state index in [9.17, 15) is 4.89 Å². The zero-order valence-electron chi connectivity index (χ0n) is 9.12. The molecule has 0 radical (unpaired) electrons. The zero-order chi connectivity index (χ0) is 11.6. The molecule has 0 aliphatic carbocycles. The van der Waals surface area contributed by atoms with E-state index in [0.29, 0.717) is 11.2 Å². The van der Waals surface area contributed by atoms with Gasteiger partial charge in [0, 0.05) is 5.56 Å². The van der Waals surface area contributed by atoms with E-state index >= 15 is 0 Å². The fourth-order valence-electron chi connectivity index (χ4n) is 1.30. The van der Waals surface area contributed by atoms with Gasteiger partial charge in [0.1, 0.15) is 12.4 Å². The van der Waals surface area contributed by atoms with Crippen LogP contribution in [-0.2, 0) is 4.52 Å². The largest absolute Gasteiger partial charge is 0.339 e. The molecule has 2 aromatic rings. The quantitative estimate of drug-likeness (QED) is 0.832. The summed E-state index contributed by atoms with van der Waals surface area (Å²) in [5.74, 6) is 0. The molecule has 1 aromatic heterocycles. The molecule has 0 saturated carbocycles.